The van der Waals surface area contributed by atoms with Crippen LogP contribution in [0.25, 0.3) is 34.0 Å². The van der Waals surface area contributed by atoms with Gasteiger partial charge >= 0.3 is 0 Å². The third-order valence-electron chi connectivity index (χ3n) is 4.78. The van der Waals surface area contributed by atoms with E-state index in [9.17, 15) is 4.79 Å². The summed E-state index contributed by atoms with van der Waals surface area (Å²) >= 11 is 0. The van der Waals surface area contributed by atoms with Crippen LogP contribution >= 0.6 is 0 Å². The molecule has 0 aliphatic heterocycles. The van der Waals surface area contributed by atoms with Crippen LogP contribution in [0.15, 0.2) is 47.2 Å². The van der Waals surface area contributed by atoms with Gasteiger partial charge in [-0.1, -0.05) is 5.16 Å². The van der Waals surface area contributed by atoms with Crippen molar-refractivity contribution in [2.75, 3.05) is 0 Å². The predicted octanol–water partition coefficient (Wildman–Crippen LogP) is 2.94. The van der Waals surface area contributed by atoms with E-state index in [-0.39, 0.29) is 11.7 Å². The molecule has 0 bridgehead atoms. The SMILES string of the molecule is Cc1noc(-c2cc3nc(-c4nc(C(=O)NCc5ccncc5)[nH]c4C)ccc3[nH]2)n1. The first-order valence-electron chi connectivity index (χ1n) is 9.61. The predicted molar refractivity (Wildman–Crippen MR) is 112 cm³/mol. The van der Waals surface area contributed by atoms with E-state index in [2.05, 4.69) is 40.4 Å². The molecule has 0 spiro atoms. The van der Waals surface area contributed by atoms with Crippen LogP contribution in [0, 0.1) is 13.8 Å². The van der Waals surface area contributed by atoms with E-state index >= 15 is 0 Å². The minimum Gasteiger partial charge on any atom is -0.349 e. The van der Waals surface area contributed by atoms with Crippen molar-refractivity contribution in [2.45, 2.75) is 20.4 Å². The number of nitrogens with zero attached hydrogens (tertiary/aromatic N) is 5. The number of hydrogen-bond donors (Lipinski definition) is 3. The lowest BCUT2D eigenvalue weighted by Gasteiger charge is -2.02. The van der Waals surface area contributed by atoms with Gasteiger partial charge in [0, 0.05) is 24.6 Å². The van der Waals surface area contributed by atoms with E-state index < -0.39 is 0 Å². The first kappa shape index (κ1) is 18.7. The van der Waals surface area contributed by atoms with Crippen LogP contribution in [-0.2, 0) is 6.54 Å². The Bertz CT molecular complexity index is 1380. The van der Waals surface area contributed by atoms with Gasteiger partial charge in [0.1, 0.15) is 11.4 Å². The van der Waals surface area contributed by atoms with Crippen molar-refractivity contribution in [3.8, 4) is 23.0 Å². The molecule has 5 aromatic heterocycles. The first-order valence-corrected chi connectivity index (χ1v) is 9.61. The van der Waals surface area contributed by atoms with Crippen molar-refractivity contribution in [1.29, 1.82) is 0 Å². The fourth-order valence-corrected chi connectivity index (χ4v) is 3.25. The third-order valence-corrected chi connectivity index (χ3v) is 4.78. The van der Waals surface area contributed by atoms with Gasteiger partial charge in [0.15, 0.2) is 11.6 Å². The second-order valence-electron chi connectivity index (χ2n) is 7.06. The maximum Gasteiger partial charge on any atom is 0.287 e. The molecule has 10 nitrogen and oxygen atoms in total. The Morgan fingerprint density at radius 2 is 1.90 bits per heavy atom. The quantitative estimate of drug-likeness (QED) is 0.402. The number of H-pyrrole nitrogens is 2. The molecule has 0 radical (unpaired) electrons. The second kappa shape index (κ2) is 7.48. The highest BCUT2D eigenvalue weighted by atomic mass is 16.5. The summed E-state index contributed by atoms with van der Waals surface area (Å²) in [6.07, 6.45) is 3.37. The Morgan fingerprint density at radius 1 is 1.06 bits per heavy atom. The van der Waals surface area contributed by atoms with E-state index in [1.807, 2.05) is 37.3 Å². The van der Waals surface area contributed by atoms with Gasteiger partial charge in [0.05, 0.1) is 16.7 Å². The Kier molecular flexibility index (Phi) is 4.51. The normalized spacial score (nSPS) is 11.2. The minimum absolute atomic E-state index is 0.236. The first-order chi connectivity index (χ1) is 15.1. The van der Waals surface area contributed by atoms with Crippen LogP contribution in [-0.4, -0.2) is 41.0 Å². The number of fused-ring (bicyclic) bond motifs is 1. The molecule has 5 heterocycles. The number of nitrogens with one attached hydrogen (secondary N) is 3. The number of aromatic nitrogens is 7. The monoisotopic (exact) mass is 414 g/mol. The number of amides is 1. The van der Waals surface area contributed by atoms with Gasteiger partial charge in [0.25, 0.3) is 11.8 Å². The molecule has 0 aromatic carbocycles. The molecule has 5 rings (SSSR count). The van der Waals surface area contributed by atoms with E-state index in [1.165, 1.54) is 0 Å². The van der Waals surface area contributed by atoms with Gasteiger partial charge in [-0.3, -0.25) is 9.78 Å². The average Bonchev–Trinajstić information content (AvgIpc) is 3.50. The Labute approximate surface area is 176 Å². The van der Waals surface area contributed by atoms with Crippen LogP contribution in [0.4, 0.5) is 0 Å². The molecule has 5 aromatic rings. The number of rotatable bonds is 5. The van der Waals surface area contributed by atoms with Crippen LogP contribution in [0.1, 0.15) is 27.7 Å². The summed E-state index contributed by atoms with van der Waals surface area (Å²) in [7, 11) is 0. The molecule has 0 unspecified atom stereocenters. The van der Waals surface area contributed by atoms with Crippen molar-refractivity contribution < 1.29 is 9.32 Å². The molecule has 3 N–H and O–H groups in total. The number of imidazole rings is 1. The van der Waals surface area contributed by atoms with E-state index in [0.29, 0.717) is 35.3 Å². The van der Waals surface area contributed by atoms with Crippen LogP contribution < -0.4 is 5.32 Å². The molecule has 0 saturated heterocycles. The van der Waals surface area contributed by atoms with Crippen LogP contribution in [0.5, 0.6) is 0 Å². The van der Waals surface area contributed by atoms with E-state index in [4.69, 9.17) is 4.52 Å². The minimum atomic E-state index is -0.289. The number of aromatic amines is 2. The van der Waals surface area contributed by atoms with Crippen molar-refractivity contribution in [2.24, 2.45) is 0 Å². The zero-order chi connectivity index (χ0) is 21.4. The zero-order valence-corrected chi connectivity index (χ0v) is 16.8. The fourth-order valence-electron chi connectivity index (χ4n) is 3.25. The van der Waals surface area contributed by atoms with Gasteiger partial charge in [-0.05, 0) is 49.7 Å². The van der Waals surface area contributed by atoms with Gasteiger partial charge in [0.2, 0.25) is 0 Å². The Hall–Kier alpha value is -4.34. The van der Waals surface area contributed by atoms with Crippen molar-refractivity contribution in [3.05, 3.63) is 65.6 Å². The highest BCUT2D eigenvalue weighted by molar-refractivity contribution is 5.91. The second-order valence-corrected chi connectivity index (χ2v) is 7.06. The maximum atomic E-state index is 12.5. The number of hydrogen-bond acceptors (Lipinski definition) is 7. The molecule has 31 heavy (non-hydrogen) atoms. The van der Waals surface area contributed by atoms with Crippen LogP contribution in [0.2, 0.25) is 0 Å². The Morgan fingerprint density at radius 3 is 2.68 bits per heavy atom. The molecular weight excluding hydrogens is 396 g/mol. The highest BCUT2D eigenvalue weighted by Crippen LogP contribution is 2.26. The smallest absolute Gasteiger partial charge is 0.287 e. The lowest BCUT2D eigenvalue weighted by Crippen LogP contribution is -2.24. The largest absolute Gasteiger partial charge is 0.349 e. The standard InChI is InChI=1S/C21H18N8O2/c1-11-18(28-19(24-11)20(30)23-10-13-5-7-22-8-6-13)15-4-3-14-16(27-15)9-17(26-14)21-25-12(2)29-31-21/h3-9,26H,10H2,1-2H3,(H,23,30)(H,24,28). The summed E-state index contributed by atoms with van der Waals surface area (Å²) in [5.41, 5.74) is 5.24. The number of pyridine rings is 2. The summed E-state index contributed by atoms with van der Waals surface area (Å²) in [5.74, 6) is 0.910. The number of aryl methyl sites for hydroxylation is 2. The summed E-state index contributed by atoms with van der Waals surface area (Å²) in [6.45, 7) is 4.01. The van der Waals surface area contributed by atoms with Crippen molar-refractivity contribution in [1.82, 2.24) is 40.4 Å². The zero-order valence-electron chi connectivity index (χ0n) is 16.8. The molecule has 10 heteroatoms. The average molecular weight is 414 g/mol. The summed E-state index contributed by atoms with van der Waals surface area (Å²) in [6, 6.07) is 9.29. The third kappa shape index (κ3) is 3.66. The molecule has 0 atom stereocenters. The van der Waals surface area contributed by atoms with Crippen LogP contribution in [0.3, 0.4) is 0 Å². The van der Waals surface area contributed by atoms with Gasteiger partial charge in [-0.15, -0.1) is 0 Å². The van der Waals surface area contributed by atoms with Crippen molar-refractivity contribution in [3.63, 3.8) is 0 Å². The lowest BCUT2D eigenvalue weighted by molar-refractivity contribution is 0.0941. The highest BCUT2D eigenvalue weighted by Gasteiger charge is 2.17. The summed E-state index contributed by atoms with van der Waals surface area (Å²) in [5, 5.41) is 6.66. The molecule has 154 valence electrons. The van der Waals surface area contributed by atoms with E-state index in [1.54, 1.807) is 19.3 Å². The van der Waals surface area contributed by atoms with Crippen molar-refractivity contribution >= 4 is 16.9 Å². The number of carbonyl (C=O) groups excluding carboxylic acids is 1. The van der Waals surface area contributed by atoms with E-state index in [0.717, 1.165) is 22.3 Å². The topological polar surface area (TPSA) is 138 Å². The molecule has 0 aliphatic rings. The van der Waals surface area contributed by atoms with Gasteiger partial charge in [-0.25, -0.2) is 9.97 Å². The molecular formula is C21H18N8O2. The molecule has 0 fully saturated rings. The number of carbonyl (C=O) groups is 1. The molecule has 0 aliphatic carbocycles. The summed E-state index contributed by atoms with van der Waals surface area (Å²) < 4.78 is 5.21. The Balaban J connectivity index is 1.39. The van der Waals surface area contributed by atoms with Gasteiger partial charge < -0.3 is 19.8 Å². The molecule has 0 saturated carbocycles. The molecule has 1 amide bonds. The maximum absolute atomic E-state index is 12.5. The fraction of sp³-hybridized carbons (Fsp3) is 0.143. The van der Waals surface area contributed by atoms with Gasteiger partial charge in [-0.2, -0.15) is 4.98 Å². The lowest BCUT2D eigenvalue weighted by atomic mass is 10.2. The summed E-state index contributed by atoms with van der Waals surface area (Å²) in [4.78, 5) is 36.1.